The lowest BCUT2D eigenvalue weighted by Gasteiger charge is -2.03. The van der Waals surface area contributed by atoms with E-state index >= 15 is 0 Å². The molecule has 18 heavy (non-hydrogen) atoms. The van der Waals surface area contributed by atoms with Crippen molar-refractivity contribution in [1.29, 1.82) is 0 Å². The van der Waals surface area contributed by atoms with Crippen LogP contribution in [0.2, 0.25) is 0 Å². The molecule has 0 N–H and O–H groups in total. The first-order chi connectivity index (χ1) is 8.84. The van der Waals surface area contributed by atoms with E-state index in [1.807, 2.05) is 0 Å². The van der Waals surface area contributed by atoms with Crippen molar-refractivity contribution in [3.63, 3.8) is 0 Å². The number of carbonyl (C=O) groups excluding carboxylic acids is 1. The van der Waals surface area contributed by atoms with Gasteiger partial charge < -0.3 is 4.74 Å². The number of hydrogen-bond donors (Lipinski definition) is 0. The highest BCUT2D eigenvalue weighted by molar-refractivity contribution is 5.84. The van der Waals surface area contributed by atoms with Crippen molar-refractivity contribution < 1.29 is 9.53 Å². The van der Waals surface area contributed by atoms with Gasteiger partial charge in [-0.15, -0.1) is 0 Å². The van der Waals surface area contributed by atoms with Gasteiger partial charge in [-0.3, -0.25) is 0 Å². The molecule has 0 amide bonds. The van der Waals surface area contributed by atoms with E-state index in [-0.39, 0.29) is 5.82 Å². The lowest BCUT2D eigenvalue weighted by molar-refractivity contribution is 0.0483. The van der Waals surface area contributed by atoms with Crippen molar-refractivity contribution in [3.8, 4) is 0 Å². The summed E-state index contributed by atoms with van der Waals surface area (Å²) in [5, 5.41) is 0. The molecule has 4 heteroatoms. The van der Waals surface area contributed by atoms with Gasteiger partial charge in [-0.25, -0.2) is 14.8 Å². The molecule has 0 aromatic carbocycles. The summed E-state index contributed by atoms with van der Waals surface area (Å²) >= 11 is 0. The highest BCUT2D eigenvalue weighted by Gasteiger charge is 2.08. The van der Waals surface area contributed by atoms with Gasteiger partial charge in [0.2, 0.25) is 5.82 Å². The van der Waals surface area contributed by atoms with Crippen LogP contribution in [0.15, 0.2) is 18.5 Å². The molecule has 0 spiro atoms. The van der Waals surface area contributed by atoms with Gasteiger partial charge in [0.25, 0.3) is 0 Å². The molecule has 4 nitrogen and oxygen atoms in total. The molecule has 0 fully saturated rings. The summed E-state index contributed by atoms with van der Waals surface area (Å²) in [7, 11) is 0. The van der Waals surface area contributed by atoms with Crippen LogP contribution in [0.4, 0.5) is 0 Å². The molecule has 1 rings (SSSR count). The van der Waals surface area contributed by atoms with Crippen molar-refractivity contribution in [2.75, 3.05) is 6.61 Å². The number of carbonyl (C=O) groups is 1. The van der Waals surface area contributed by atoms with Crippen molar-refractivity contribution >= 4 is 5.97 Å². The SMILES string of the molecule is CCCCCCCCCOC(=O)c1ncccn1. The fourth-order valence-corrected chi connectivity index (χ4v) is 1.69. The molecule has 1 aromatic heterocycles. The molecule has 0 bridgehead atoms. The van der Waals surface area contributed by atoms with Crippen molar-refractivity contribution in [2.24, 2.45) is 0 Å². The number of esters is 1. The maximum absolute atomic E-state index is 11.5. The van der Waals surface area contributed by atoms with Crippen LogP contribution in [0.5, 0.6) is 0 Å². The summed E-state index contributed by atoms with van der Waals surface area (Å²) in [6.07, 6.45) is 11.5. The molecule has 1 aromatic rings. The van der Waals surface area contributed by atoms with E-state index in [4.69, 9.17) is 4.74 Å². The quantitative estimate of drug-likeness (QED) is 0.498. The molecule has 0 radical (unpaired) electrons. The summed E-state index contributed by atoms with van der Waals surface area (Å²) in [5.74, 6) is -0.290. The van der Waals surface area contributed by atoms with Crippen LogP contribution in [0.25, 0.3) is 0 Å². The predicted octanol–water partition coefficient (Wildman–Crippen LogP) is 3.38. The fourth-order valence-electron chi connectivity index (χ4n) is 1.69. The average Bonchev–Trinajstić information content (AvgIpc) is 2.42. The van der Waals surface area contributed by atoms with E-state index in [1.165, 1.54) is 44.5 Å². The molecule has 0 aliphatic heterocycles. The molecule has 1 heterocycles. The second kappa shape index (κ2) is 9.57. The minimum absolute atomic E-state index is 0.139. The normalized spacial score (nSPS) is 10.3. The smallest absolute Gasteiger partial charge is 0.376 e. The molecule has 0 saturated carbocycles. The summed E-state index contributed by atoms with van der Waals surface area (Å²) in [4.78, 5) is 19.2. The van der Waals surface area contributed by atoms with Crippen molar-refractivity contribution in [3.05, 3.63) is 24.3 Å². The summed E-state index contributed by atoms with van der Waals surface area (Å²) < 4.78 is 5.09. The van der Waals surface area contributed by atoms with Gasteiger partial charge in [-0.1, -0.05) is 45.4 Å². The summed E-state index contributed by atoms with van der Waals surface area (Å²) in [5.41, 5.74) is 0. The van der Waals surface area contributed by atoms with Gasteiger partial charge in [0.1, 0.15) is 0 Å². The third kappa shape index (κ3) is 6.33. The largest absolute Gasteiger partial charge is 0.460 e. The predicted molar refractivity (Wildman–Crippen MR) is 70.3 cm³/mol. The van der Waals surface area contributed by atoms with Crippen LogP contribution in [-0.4, -0.2) is 22.5 Å². The minimum atomic E-state index is -0.429. The number of rotatable bonds is 9. The second-order valence-electron chi connectivity index (χ2n) is 4.33. The summed E-state index contributed by atoms with van der Waals surface area (Å²) in [6.45, 7) is 2.68. The number of aromatic nitrogens is 2. The molecular weight excluding hydrogens is 228 g/mol. The van der Waals surface area contributed by atoms with Crippen molar-refractivity contribution in [2.45, 2.75) is 51.9 Å². The van der Waals surface area contributed by atoms with Gasteiger partial charge in [0.15, 0.2) is 0 Å². The van der Waals surface area contributed by atoms with Gasteiger partial charge in [0, 0.05) is 12.4 Å². The minimum Gasteiger partial charge on any atom is -0.460 e. The maximum Gasteiger partial charge on any atom is 0.376 e. The lowest BCUT2D eigenvalue weighted by atomic mass is 10.1. The Morgan fingerprint density at radius 2 is 1.67 bits per heavy atom. The first-order valence-corrected chi connectivity index (χ1v) is 6.78. The van der Waals surface area contributed by atoms with Gasteiger partial charge in [0.05, 0.1) is 6.61 Å². The lowest BCUT2D eigenvalue weighted by Crippen LogP contribution is -2.10. The zero-order valence-corrected chi connectivity index (χ0v) is 11.1. The van der Waals surface area contributed by atoms with Crippen LogP contribution in [0.1, 0.15) is 62.5 Å². The molecular formula is C14H22N2O2. The van der Waals surface area contributed by atoms with E-state index in [0.29, 0.717) is 6.61 Å². The Bertz CT molecular complexity index is 328. The zero-order chi connectivity index (χ0) is 13.1. The van der Waals surface area contributed by atoms with Crippen LogP contribution in [0, 0.1) is 0 Å². The van der Waals surface area contributed by atoms with E-state index in [1.54, 1.807) is 6.07 Å². The number of ether oxygens (including phenoxy) is 1. The Balaban J connectivity index is 2.00. The summed E-state index contributed by atoms with van der Waals surface area (Å²) in [6, 6.07) is 1.67. The number of hydrogen-bond acceptors (Lipinski definition) is 4. The van der Waals surface area contributed by atoms with Crippen LogP contribution in [-0.2, 0) is 4.74 Å². The van der Waals surface area contributed by atoms with Gasteiger partial charge >= 0.3 is 5.97 Å². The Kier molecular flexibility index (Phi) is 7.77. The first-order valence-electron chi connectivity index (χ1n) is 6.78. The third-order valence-corrected chi connectivity index (χ3v) is 2.73. The molecule has 0 saturated heterocycles. The van der Waals surface area contributed by atoms with E-state index < -0.39 is 5.97 Å². The van der Waals surface area contributed by atoms with Crippen LogP contribution >= 0.6 is 0 Å². The van der Waals surface area contributed by atoms with E-state index in [0.717, 1.165) is 12.8 Å². The Labute approximate surface area is 109 Å². The third-order valence-electron chi connectivity index (χ3n) is 2.73. The van der Waals surface area contributed by atoms with Crippen LogP contribution < -0.4 is 0 Å². The zero-order valence-electron chi connectivity index (χ0n) is 11.1. The van der Waals surface area contributed by atoms with E-state index in [2.05, 4.69) is 16.9 Å². The highest BCUT2D eigenvalue weighted by atomic mass is 16.5. The Hall–Kier alpha value is -1.45. The number of nitrogens with zero attached hydrogens (tertiary/aromatic N) is 2. The first kappa shape index (κ1) is 14.6. The Morgan fingerprint density at radius 3 is 2.33 bits per heavy atom. The standard InChI is InChI=1S/C14H22N2O2/c1-2-3-4-5-6-7-8-12-18-14(17)13-15-10-9-11-16-13/h9-11H,2-8,12H2,1H3. The molecule has 0 atom stereocenters. The van der Waals surface area contributed by atoms with Gasteiger partial charge in [-0.05, 0) is 12.5 Å². The van der Waals surface area contributed by atoms with E-state index in [9.17, 15) is 4.79 Å². The Morgan fingerprint density at radius 1 is 1.06 bits per heavy atom. The molecule has 0 aliphatic carbocycles. The monoisotopic (exact) mass is 250 g/mol. The molecule has 100 valence electrons. The number of unbranched alkanes of at least 4 members (excludes halogenated alkanes) is 6. The fraction of sp³-hybridized carbons (Fsp3) is 0.643. The maximum atomic E-state index is 11.5. The van der Waals surface area contributed by atoms with Crippen molar-refractivity contribution in [1.82, 2.24) is 9.97 Å². The highest BCUT2D eigenvalue weighted by Crippen LogP contribution is 2.07. The molecule has 0 unspecified atom stereocenters. The molecule has 0 aliphatic rings. The second-order valence-corrected chi connectivity index (χ2v) is 4.33. The van der Waals surface area contributed by atoms with Gasteiger partial charge in [-0.2, -0.15) is 0 Å². The topological polar surface area (TPSA) is 52.1 Å². The van der Waals surface area contributed by atoms with Crippen LogP contribution in [0.3, 0.4) is 0 Å². The average molecular weight is 250 g/mol.